The quantitative estimate of drug-likeness (QED) is 0.748. The van der Waals surface area contributed by atoms with Crippen molar-refractivity contribution >= 4 is 5.71 Å². The van der Waals surface area contributed by atoms with Gasteiger partial charge in [0.1, 0.15) is 0 Å². The highest BCUT2D eigenvalue weighted by Crippen LogP contribution is 2.28. The van der Waals surface area contributed by atoms with Gasteiger partial charge in [0.2, 0.25) is 0 Å². The van der Waals surface area contributed by atoms with E-state index in [2.05, 4.69) is 29.3 Å². The number of fused-ring (bicyclic) bond motifs is 1. The Labute approximate surface area is 97.0 Å². The molecule has 0 bridgehead atoms. The molecule has 0 aromatic heterocycles. The number of likely N-dealkylation sites (tertiary alicyclic amines) is 1. The summed E-state index contributed by atoms with van der Waals surface area (Å²) in [5.41, 5.74) is 4.71. The summed E-state index contributed by atoms with van der Waals surface area (Å²) in [6.07, 6.45) is 1.26. The monoisotopic (exact) mass is 223 g/mol. The highest BCUT2D eigenvalue weighted by Gasteiger charge is 2.40. The first-order chi connectivity index (χ1) is 7.75. The molecule has 3 heterocycles. The van der Waals surface area contributed by atoms with Crippen molar-refractivity contribution < 1.29 is 4.74 Å². The summed E-state index contributed by atoms with van der Waals surface area (Å²) in [5.74, 6) is 1.26. The molecule has 0 radical (unpaired) electrons. The van der Waals surface area contributed by atoms with Crippen LogP contribution in [0, 0.1) is 11.8 Å². The third-order valence-electron chi connectivity index (χ3n) is 4.11. The van der Waals surface area contributed by atoms with Gasteiger partial charge in [-0.3, -0.25) is 4.90 Å². The first-order valence-corrected chi connectivity index (χ1v) is 6.40. The Morgan fingerprint density at radius 3 is 2.88 bits per heavy atom. The normalized spacial score (nSPS) is 35.6. The fourth-order valence-corrected chi connectivity index (χ4v) is 3.03. The lowest BCUT2D eigenvalue weighted by molar-refractivity contribution is -0.0748. The number of rotatable bonds is 2. The van der Waals surface area contributed by atoms with Gasteiger partial charge < -0.3 is 10.2 Å². The van der Waals surface area contributed by atoms with Crippen molar-refractivity contribution in [1.29, 1.82) is 0 Å². The molecule has 4 nitrogen and oxygen atoms in total. The molecule has 3 aliphatic rings. The minimum absolute atomic E-state index is 0.548. The fourth-order valence-electron chi connectivity index (χ4n) is 3.03. The van der Waals surface area contributed by atoms with Crippen LogP contribution in [0.3, 0.4) is 0 Å². The molecular weight excluding hydrogens is 202 g/mol. The molecule has 0 aromatic rings. The average molecular weight is 223 g/mol. The summed E-state index contributed by atoms with van der Waals surface area (Å²) < 4.78 is 5.27. The first-order valence-electron chi connectivity index (χ1n) is 6.40. The van der Waals surface area contributed by atoms with E-state index in [9.17, 15) is 0 Å². The van der Waals surface area contributed by atoms with Crippen LogP contribution in [-0.2, 0) is 4.74 Å². The summed E-state index contributed by atoms with van der Waals surface area (Å²) in [6, 6.07) is 1.22. The standard InChI is InChI=1S/C12H21N3O/c1-8(2)12-10-3-4-15(9-6-16-7-9)5-11(10)13-14-12/h8-11,13H,3-7H2,1-2H3. The Balaban J connectivity index is 1.63. The van der Waals surface area contributed by atoms with Crippen LogP contribution in [0.5, 0.6) is 0 Å². The van der Waals surface area contributed by atoms with Gasteiger partial charge in [-0.25, -0.2) is 0 Å². The van der Waals surface area contributed by atoms with Gasteiger partial charge in [-0.15, -0.1) is 0 Å². The van der Waals surface area contributed by atoms with Crippen LogP contribution >= 0.6 is 0 Å². The van der Waals surface area contributed by atoms with Crippen LogP contribution in [0.25, 0.3) is 0 Å². The maximum atomic E-state index is 5.27. The molecule has 90 valence electrons. The Kier molecular flexibility index (Phi) is 2.64. The van der Waals surface area contributed by atoms with Crippen LogP contribution in [0.1, 0.15) is 20.3 Å². The van der Waals surface area contributed by atoms with Crippen LogP contribution in [0.2, 0.25) is 0 Å². The second kappa shape index (κ2) is 4.00. The largest absolute Gasteiger partial charge is 0.378 e. The zero-order valence-electron chi connectivity index (χ0n) is 10.1. The Hall–Kier alpha value is -0.610. The maximum Gasteiger partial charge on any atom is 0.0648 e. The van der Waals surface area contributed by atoms with Crippen molar-refractivity contribution in [3.8, 4) is 0 Å². The minimum atomic E-state index is 0.548. The molecule has 3 aliphatic heterocycles. The topological polar surface area (TPSA) is 36.9 Å². The Morgan fingerprint density at radius 2 is 2.25 bits per heavy atom. The van der Waals surface area contributed by atoms with E-state index in [4.69, 9.17) is 4.74 Å². The van der Waals surface area contributed by atoms with Crippen LogP contribution < -0.4 is 5.43 Å². The van der Waals surface area contributed by atoms with Crippen LogP contribution in [0.15, 0.2) is 5.10 Å². The number of nitrogens with one attached hydrogen (secondary N) is 1. The summed E-state index contributed by atoms with van der Waals surface area (Å²) in [7, 11) is 0. The third kappa shape index (κ3) is 1.64. The van der Waals surface area contributed by atoms with E-state index < -0.39 is 0 Å². The lowest BCUT2D eigenvalue weighted by Gasteiger charge is -2.43. The molecule has 0 spiro atoms. The van der Waals surface area contributed by atoms with E-state index in [0.29, 0.717) is 23.9 Å². The van der Waals surface area contributed by atoms with Crippen molar-refractivity contribution in [3.63, 3.8) is 0 Å². The smallest absolute Gasteiger partial charge is 0.0648 e. The van der Waals surface area contributed by atoms with Crippen molar-refractivity contribution in [2.75, 3.05) is 26.3 Å². The summed E-state index contributed by atoms with van der Waals surface area (Å²) in [5, 5.41) is 4.53. The molecule has 1 N–H and O–H groups in total. The van der Waals surface area contributed by atoms with E-state index in [1.54, 1.807) is 0 Å². The van der Waals surface area contributed by atoms with Crippen LogP contribution in [0.4, 0.5) is 0 Å². The Morgan fingerprint density at radius 1 is 1.44 bits per heavy atom. The second-order valence-electron chi connectivity index (χ2n) is 5.51. The van der Waals surface area contributed by atoms with Crippen molar-refractivity contribution in [2.24, 2.45) is 16.9 Å². The minimum Gasteiger partial charge on any atom is -0.378 e. The molecule has 16 heavy (non-hydrogen) atoms. The zero-order chi connectivity index (χ0) is 11.1. The van der Waals surface area contributed by atoms with Gasteiger partial charge in [-0.1, -0.05) is 13.8 Å². The molecule has 3 rings (SSSR count). The van der Waals surface area contributed by atoms with Gasteiger partial charge in [0, 0.05) is 18.2 Å². The fraction of sp³-hybridized carbons (Fsp3) is 0.917. The lowest BCUT2D eigenvalue weighted by Crippen LogP contribution is -2.57. The highest BCUT2D eigenvalue weighted by molar-refractivity contribution is 5.90. The number of hydrazone groups is 1. The van der Waals surface area contributed by atoms with E-state index in [0.717, 1.165) is 19.8 Å². The molecule has 2 unspecified atom stereocenters. The third-order valence-corrected chi connectivity index (χ3v) is 4.11. The zero-order valence-corrected chi connectivity index (χ0v) is 10.1. The molecule has 0 amide bonds. The predicted octanol–water partition coefficient (Wildman–Crippen LogP) is 0.691. The number of nitrogens with zero attached hydrogens (tertiary/aromatic N) is 2. The van der Waals surface area contributed by atoms with E-state index in [1.807, 2.05) is 0 Å². The number of ether oxygens (including phenoxy) is 1. The van der Waals surface area contributed by atoms with Gasteiger partial charge in [-0.2, -0.15) is 5.10 Å². The maximum absolute atomic E-state index is 5.27. The van der Waals surface area contributed by atoms with Crippen LogP contribution in [-0.4, -0.2) is 49.0 Å². The molecule has 2 saturated heterocycles. The van der Waals surface area contributed by atoms with Gasteiger partial charge in [0.05, 0.1) is 25.3 Å². The molecule has 0 aromatic carbocycles. The molecule has 0 saturated carbocycles. The summed E-state index contributed by atoms with van der Waals surface area (Å²) in [6.45, 7) is 8.69. The SMILES string of the molecule is CC(C)C1=NNC2CN(C3COC3)CCC12. The molecule has 2 fully saturated rings. The van der Waals surface area contributed by atoms with Crippen molar-refractivity contribution in [3.05, 3.63) is 0 Å². The average Bonchev–Trinajstić information content (AvgIpc) is 2.57. The van der Waals surface area contributed by atoms with Gasteiger partial charge in [0.15, 0.2) is 0 Å². The van der Waals surface area contributed by atoms with Gasteiger partial charge >= 0.3 is 0 Å². The lowest BCUT2D eigenvalue weighted by atomic mass is 9.84. The molecule has 2 atom stereocenters. The highest BCUT2D eigenvalue weighted by atomic mass is 16.5. The first kappa shape index (κ1) is 10.5. The van der Waals surface area contributed by atoms with E-state index in [-0.39, 0.29) is 0 Å². The number of hydrogen-bond donors (Lipinski definition) is 1. The molecule has 0 aliphatic carbocycles. The second-order valence-corrected chi connectivity index (χ2v) is 5.51. The Bertz CT molecular complexity index is 299. The van der Waals surface area contributed by atoms with Crippen molar-refractivity contribution in [2.45, 2.75) is 32.4 Å². The van der Waals surface area contributed by atoms with E-state index in [1.165, 1.54) is 18.7 Å². The predicted molar refractivity (Wildman–Crippen MR) is 63.5 cm³/mol. The number of hydrogen-bond acceptors (Lipinski definition) is 4. The van der Waals surface area contributed by atoms with Crippen molar-refractivity contribution in [1.82, 2.24) is 10.3 Å². The molecular formula is C12H21N3O. The van der Waals surface area contributed by atoms with E-state index >= 15 is 0 Å². The molecule has 4 heteroatoms. The summed E-state index contributed by atoms with van der Waals surface area (Å²) in [4.78, 5) is 2.57. The van der Waals surface area contributed by atoms with Gasteiger partial charge in [0.25, 0.3) is 0 Å². The van der Waals surface area contributed by atoms with Gasteiger partial charge in [-0.05, 0) is 18.9 Å². The summed E-state index contributed by atoms with van der Waals surface area (Å²) >= 11 is 0. The number of piperidine rings is 1.